The lowest BCUT2D eigenvalue weighted by Crippen LogP contribution is -2.10. The largest absolute Gasteiger partial charge is 0.462 e. The van der Waals surface area contributed by atoms with Crippen molar-refractivity contribution in [1.29, 1.82) is 0 Å². The predicted octanol–water partition coefficient (Wildman–Crippen LogP) is 4.65. The van der Waals surface area contributed by atoms with Gasteiger partial charge in [-0.15, -0.1) is 11.3 Å². The number of rotatable bonds is 5. The molecule has 0 aliphatic heterocycles. The fourth-order valence-corrected chi connectivity index (χ4v) is 4.13. The molecule has 3 aromatic heterocycles. The van der Waals surface area contributed by atoms with Gasteiger partial charge in [0.1, 0.15) is 5.56 Å². The molecule has 0 fully saturated rings. The van der Waals surface area contributed by atoms with Crippen LogP contribution in [0.5, 0.6) is 0 Å². The second-order valence-electron chi connectivity index (χ2n) is 5.98. The summed E-state index contributed by atoms with van der Waals surface area (Å²) in [6, 6.07) is 12.8. The summed E-state index contributed by atoms with van der Waals surface area (Å²) in [6.45, 7) is 2.02. The molecule has 0 saturated carbocycles. The van der Waals surface area contributed by atoms with E-state index in [1.165, 1.54) is 17.5 Å². The van der Waals surface area contributed by atoms with Crippen LogP contribution in [0.1, 0.15) is 27.0 Å². The number of halogens is 1. The summed E-state index contributed by atoms with van der Waals surface area (Å²) in [5.41, 5.74) is 2.93. The fourth-order valence-electron chi connectivity index (χ4n) is 2.85. The Balaban J connectivity index is 1.67. The molecular formula is C20H15BrN4O3S. The minimum Gasteiger partial charge on any atom is -0.462 e. The van der Waals surface area contributed by atoms with Gasteiger partial charge in [0, 0.05) is 17.4 Å². The number of ether oxygens (including phenoxy) is 1. The standard InChI is InChI=1S/C20H15BrN4O3S/c1-2-28-20(27)14-11-23-25-15(8-9-22-18(14)25)12-4-3-5-13(10-12)24-19(26)16-6-7-17(21)29-16/h3-11H,2H2,1H3,(H,24,26). The van der Waals surface area contributed by atoms with Crippen LogP contribution in [0.2, 0.25) is 0 Å². The summed E-state index contributed by atoms with van der Waals surface area (Å²) >= 11 is 4.73. The van der Waals surface area contributed by atoms with Crippen LogP contribution in [0.4, 0.5) is 5.69 Å². The molecule has 0 aliphatic rings. The molecule has 4 rings (SSSR count). The first kappa shape index (κ1) is 19.3. The van der Waals surface area contributed by atoms with Gasteiger partial charge in [-0.1, -0.05) is 12.1 Å². The lowest BCUT2D eigenvalue weighted by Gasteiger charge is -2.08. The predicted molar refractivity (Wildman–Crippen MR) is 114 cm³/mol. The van der Waals surface area contributed by atoms with E-state index in [1.54, 1.807) is 29.8 Å². The van der Waals surface area contributed by atoms with E-state index in [-0.39, 0.29) is 12.5 Å². The Morgan fingerprint density at radius 2 is 2.10 bits per heavy atom. The van der Waals surface area contributed by atoms with E-state index in [4.69, 9.17) is 4.74 Å². The number of benzene rings is 1. The van der Waals surface area contributed by atoms with Crippen molar-refractivity contribution in [3.63, 3.8) is 0 Å². The number of carbonyl (C=O) groups excluding carboxylic acids is 2. The van der Waals surface area contributed by atoms with Crippen molar-refractivity contribution >= 4 is 50.5 Å². The summed E-state index contributed by atoms with van der Waals surface area (Å²) in [5.74, 6) is -0.642. The van der Waals surface area contributed by atoms with Crippen molar-refractivity contribution in [2.24, 2.45) is 0 Å². The van der Waals surface area contributed by atoms with E-state index in [0.717, 1.165) is 15.0 Å². The number of hydrogen-bond donors (Lipinski definition) is 1. The highest BCUT2D eigenvalue weighted by atomic mass is 79.9. The average Bonchev–Trinajstić information content (AvgIpc) is 3.34. The fraction of sp³-hybridized carbons (Fsp3) is 0.100. The summed E-state index contributed by atoms with van der Waals surface area (Å²) in [6.07, 6.45) is 3.06. The van der Waals surface area contributed by atoms with Crippen molar-refractivity contribution in [2.75, 3.05) is 11.9 Å². The van der Waals surface area contributed by atoms with E-state index in [2.05, 4.69) is 31.3 Å². The second kappa shape index (κ2) is 8.14. The third kappa shape index (κ3) is 3.92. The Bertz CT molecular complexity index is 1220. The number of amides is 1. The summed E-state index contributed by atoms with van der Waals surface area (Å²) in [4.78, 5) is 29.4. The maximum atomic E-state index is 12.4. The van der Waals surface area contributed by atoms with Crippen molar-refractivity contribution in [1.82, 2.24) is 14.6 Å². The summed E-state index contributed by atoms with van der Waals surface area (Å²) in [7, 11) is 0. The van der Waals surface area contributed by atoms with Gasteiger partial charge >= 0.3 is 5.97 Å². The average molecular weight is 471 g/mol. The smallest absolute Gasteiger partial charge is 0.343 e. The normalized spacial score (nSPS) is 10.8. The Kier molecular flexibility index (Phi) is 5.41. The third-order valence-corrected chi connectivity index (χ3v) is 5.73. The molecule has 9 heteroatoms. The maximum Gasteiger partial charge on any atom is 0.343 e. The van der Waals surface area contributed by atoms with Crippen LogP contribution >= 0.6 is 27.3 Å². The van der Waals surface area contributed by atoms with Gasteiger partial charge in [0.2, 0.25) is 0 Å². The van der Waals surface area contributed by atoms with Crippen LogP contribution in [-0.2, 0) is 4.74 Å². The topological polar surface area (TPSA) is 85.6 Å². The van der Waals surface area contributed by atoms with Gasteiger partial charge in [-0.05, 0) is 53.2 Å². The quantitative estimate of drug-likeness (QED) is 0.429. The van der Waals surface area contributed by atoms with Gasteiger partial charge in [0.15, 0.2) is 5.65 Å². The minimum atomic E-state index is -0.463. The number of thiophene rings is 1. The van der Waals surface area contributed by atoms with Gasteiger partial charge < -0.3 is 10.1 Å². The van der Waals surface area contributed by atoms with Crippen LogP contribution in [0.25, 0.3) is 16.9 Å². The first-order valence-corrected chi connectivity index (χ1v) is 10.3. The molecule has 0 unspecified atom stereocenters. The Morgan fingerprint density at radius 3 is 2.86 bits per heavy atom. The third-order valence-electron chi connectivity index (χ3n) is 4.11. The molecule has 0 bridgehead atoms. The highest BCUT2D eigenvalue weighted by molar-refractivity contribution is 9.11. The zero-order valence-electron chi connectivity index (χ0n) is 15.3. The molecule has 1 aromatic carbocycles. The van der Waals surface area contributed by atoms with Crippen LogP contribution in [-0.4, -0.2) is 33.1 Å². The Labute approximate surface area is 178 Å². The van der Waals surface area contributed by atoms with Crippen LogP contribution < -0.4 is 5.32 Å². The molecule has 0 atom stereocenters. The van der Waals surface area contributed by atoms with Crippen LogP contribution in [0.15, 0.2) is 58.6 Å². The summed E-state index contributed by atoms with van der Waals surface area (Å²) < 4.78 is 7.55. The lowest BCUT2D eigenvalue weighted by atomic mass is 10.1. The first-order valence-electron chi connectivity index (χ1n) is 8.74. The van der Waals surface area contributed by atoms with Crippen LogP contribution in [0, 0.1) is 0 Å². The molecule has 0 spiro atoms. The molecule has 1 N–H and O–H groups in total. The zero-order valence-corrected chi connectivity index (χ0v) is 17.7. The zero-order chi connectivity index (χ0) is 20.4. The van der Waals surface area contributed by atoms with E-state index in [0.29, 0.717) is 21.8 Å². The number of aromatic nitrogens is 3. The molecule has 4 aromatic rings. The second-order valence-corrected chi connectivity index (χ2v) is 8.45. The molecule has 1 amide bonds. The highest BCUT2D eigenvalue weighted by Gasteiger charge is 2.17. The molecule has 146 valence electrons. The number of nitrogens with one attached hydrogen (secondary N) is 1. The van der Waals surface area contributed by atoms with Crippen molar-refractivity contribution in [2.45, 2.75) is 6.92 Å². The van der Waals surface area contributed by atoms with Crippen LogP contribution in [0.3, 0.4) is 0 Å². The van der Waals surface area contributed by atoms with Crippen molar-refractivity contribution < 1.29 is 14.3 Å². The lowest BCUT2D eigenvalue weighted by molar-refractivity contribution is 0.0528. The number of hydrogen-bond acceptors (Lipinski definition) is 6. The van der Waals surface area contributed by atoms with Gasteiger partial charge in [0.25, 0.3) is 5.91 Å². The molecule has 0 aliphatic carbocycles. The number of fused-ring (bicyclic) bond motifs is 1. The molecular weight excluding hydrogens is 456 g/mol. The minimum absolute atomic E-state index is 0.179. The summed E-state index contributed by atoms with van der Waals surface area (Å²) in [5, 5.41) is 7.20. The number of esters is 1. The monoisotopic (exact) mass is 470 g/mol. The molecule has 29 heavy (non-hydrogen) atoms. The van der Waals surface area contributed by atoms with E-state index < -0.39 is 5.97 Å². The van der Waals surface area contributed by atoms with Gasteiger partial charge in [-0.2, -0.15) is 5.10 Å². The number of nitrogens with zero attached hydrogens (tertiary/aromatic N) is 3. The highest BCUT2D eigenvalue weighted by Crippen LogP contribution is 2.26. The van der Waals surface area contributed by atoms with E-state index >= 15 is 0 Å². The molecule has 0 radical (unpaired) electrons. The van der Waals surface area contributed by atoms with Gasteiger partial charge in [0.05, 0.1) is 27.2 Å². The Morgan fingerprint density at radius 1 is 1.24 bits per heavy atom. The SMILES string of the molecule is CCOC(=O)c1cnn2c(-c3cccc(NC(=O)c4ccc(Br)s4)c3)ccnc12. The molecule has 0 saturated heterocycles. The van der Waals surface area contributed by atoms with Crippen molar-refractivity contribution in [3.8, 4) is 11.3 Å². The first-order chi connectivity index (χ1) is 14.1. The molecule has 3 heterocycles. The number of anilines is 1. The number of carbonyl (C=O) groups is 2. The van der Waals surface area contributed by atoms with Gasteiger partial charge in [-0.3, -0.25) is 4.79 Å². The van der Waals surface area contributed by atoms with Crippen molar-refractivity contribution in [3.05, 3.63) is 69.1 Å². The van der Waals surface area contributed by atoms with E-state index in [1.807, 2.05) is 30.3 Å². The van der Waals surface area contributed by atoms with E-state index in [9.17, 15) is 9.59 Å². The van der Waals surface area contributed by atoms with Gasteiger partial charge in [-0.25, -0.2) is 14.3 Å². The molecule has 7 nitrogen and oxygen atoms in total. The maximum absolute atomic E-state index is 12.4. The Hall–Kier alpha value is -3.04.